The highest BCUT2D eigenvalue weighted by molar-refractivity contribution is 7.90. The Morgan fingerprint density at radius 1 is 1.18 bits per heavy atom. The van der Waals surface area contributed by atoms with Crippen molar-refractivity contribution in [2.75, 3.05) is 6.26 Å². The number of sulfone groups is 1. The molecule has 0 radical (unpaired) electrons. The van der Waals surface area contributed by atoms with Gasteiger partial charge in [-0.05, 0) is 24.3 Å². The normalized spacial score (nSPS) is 12.0. The molecule has 3 rings (SSSR count). The third kappa shape index (κ3) is 2.51. The van der Waals surface area contributed by atoms with Crippen LogP contribution in [0.3, 0.4) is 0 Å². The molecule has 0 aliphatic carbocycles. The average molecular weight is 335 g/mol. The van der Waals surface area contributed by atoms with E-state index in [1.165, 1.54) is 0 Å². The molecule has 0 saturated carbocycles. The average Bonchev–Trinajstić information content (AvgIpc) is 2.83. The van der Waals surface area contributed by atoms with Gasteiger partial charge in [0.15, 0.2) is 9.84 Å². The summed E-state index contributed by atoms with van der Waals surface area (Å²) in [5.74, 6) is 0.864. The Balaban J connectivity index is 2.36. The van der Waals surface area contributed by atoms with Crippen LogP contribution >= 0.6 is 11.6 Å². The fraction of sp³-hybridized carbons (Fsp3) is 0.188. The van der Waals surface area contributed by atoms with E-state index in [0.29, 0.717) is 5.52 Å². The number of benzene rings is 2. The summed E-state index contributed by atoms with van der Waals surface area (Å²) in [5, 5.41) is 0.217. The van der Waals surface area contributed by atoms with E-state index in [0.717, 1.165) is 29.7 Å². The van der Waals surface area contributed by atoms with Gasteiger partial charge in [-0.1, -0.05) is 36.7 Å². The van der Waals surface area contributed by atoms with Gasteiger partial charge in [0.25, 0.3) is 0 Å². The standard InChI is InChI=1S/C16H15ClN2O2S/c1-3-16-18-13-10-15(22(2,20)21)12(17)9-14(13)19(16)11-7-5-4-6-8-11/h4-10H,3H2,1-2H3. The first-order valence-electron chi connectivity index (χ1n) is 6.88. The number of nitrogens with zero attached hydrogens (tertiary/aromatic N) is 2. The molecular formula is C16H15ClN2O2S. The van der Waals surface area contributed by atoms with Crippen LogP contribution in [0.1, 0.15) is 12.7 Å². The van der Waals surface area contributed by atoms with E-state index in [-0.39, 0.29) is 9.92 Å². The highest BCUT2D eigenvalue weighted by Gasteiger charge is 2.18. The number of imidazole rings is 1. The molecule has 1 aromatic heterocycles. The van der Waals surface area contributed by atoms with Gasteiger partial charge >= 0.3 is 0 Å². The molecule has 0 aliphatic rings. The van der Waals surface area contributed by atoms with E-state index in [1.54, 1.807) is 12.1 Å². The van der Waals surface area contributed by atoms with Gasteiger partial charge in [-0.25, -0.2) is 13.4 Å². The van der Waals surface area contributed by atoms with Crippen LogP contribution in [-0.2, 0) is 16.3 Å². The third-order valence-electron chi connectivity index (χ3n) is 3.51. The van der Waals surface area contributed by atoms with Crippen molar-refractivity contribution in [3.8, 4) is 5.69 Å². The molecule has 3 aromatic rings. The van der Waals surface area contributed by atoms with Crippen molar-refractivity contribution in [3.05, 3.63) is 53.3 Å². The van der Waals surface area contributed by atoms with E-state index in [2.05, 4.69) is 4.98 Å². The maximum absolute atomic E-state index is 11.8. The highest BCUT2D eigenvalue weighted by Crippen LogP contribution is 2.30. The van der Waals surface area contributed by atoms with Gasteiger partial charge in [0.2, 0.25) is 0 Å². The Hall–Kier alpha value is -1.85. The summed E-state index contributed by atoms with van der Waals surface area (Å²) in [6.45, 7) is 2.01. The Kier molecular flexibility index (Phi) is 3.70. The molecule has 1 heterocycles. The minimum atomic E-state index is -3.38. The van der Waals surface area contributed by atoms with E-state index < -0.39 is 9.84 Å². The van der Waals surface area contributed by atoms with E-state index in [9.17, 15) is 8.42 Å². The van der Waals surface area contributed by atoms with Crippen molar-refractivity contribution >= 4 is 32.5 Å². The van der Waals surface area contributed by atoms with Gasteiger partial charge in [0.05, 0.1) is 21.0 Å². The quantitative estimate of drug-likeness (QED) is 0.734. The number of hydrogen-bond donors (Lipinski definition) is 0. The molecule has 0 spiro atoms. The summed E-state index contributed by atoms with van der Waals surface area (Å²) in [6, 6.07) is 13.0. The first-order chi connectivity index (χ1) is 10.4. The fourth-order valence-corrected chi connectivity index (χ4v) is 3.83. The zero-order valence-electron chi connectivity index (χ0n) is 12.2. The van der Waals surface area contributed by atoms with Crippen molar-refractivity contribution in [2.45, 2.75) is 18.2 Å². The van der Waals surface area contributed by atoms with Crippen molar-refractivity contribution in [1.82, 2.24) is 9.55 Å². The molecule has 0 atom stereocenters. The lowest BCUT2D eigenvalue weighted by atomic mass is 10.2. The van der Waals surface area contributed by atoms with Crippen molar-refractivity contribution < 1.29 is 8.42 Å². The van der Waals surface area contributed by atoms with Crippen molar-refractivity contribution in [3.63, 3.8) is 0 Å². The molecule has 2 aromatic carbocycles. The van der Waals surface area contributed by atoms with Crippen LogP contribution in [0.4, 0.5) is 0 Å². The molecule has 4 nitrogen and oxygen atoms in total. The van der Waals surface area contributed by atoms with Gasteiger partial charge in [0.1, 0.15) is 5.82 Å². The number of aromatic nitrogens is 2. The Morgan fingerprint density at radius 3 is 2.45 bits per heavy atom. The minimum Gasteiger partial charge on any atom is -0.296 e. The topological polar surface area (TPSA) is 52.0 Å². The molecule has 114 valence electrons. The van der Waals surface area contributed by atoms with Crippen LogP contribution in [0.5, 0.6) is 0 Å². The van der Waals surface area contributed by atoms with Gasteiger partial charge in [0, 0.05) is 18.4 Å². The maximum Gasteiger partial charge on any atom is 0.177 e. The Bertz CT molecular complexity index is 947. The summed E-state index contributed by atoms with van der Waals surface area (Å²) in [5.41, 5.74) is 2.41. The molecule has 22 heavy (non-hydrogen) atoms. The van der Waals surface area contributed by atoms with Gasteiger partial charge in [-0.2, -0.15) is 0 Å². The van der Waals surface area contributed by atoms with Gasteiger partial charge in [-0.3, -0.25) is 4.57 Å². The Morgan fingerprint density at radius 2 is 1.86 bits per heavy atom. The van der Waals surface area contributed by atoms with Crippen molar-refractivity contribution in [2.24, 2.45) is 0 Å². The zero-order chi connectivity index (χ0) is 15.9. The lowest BCUT2D eigenvalue weighted by Gasteiger charge is -2.08. The van der Waals surface area contributed by atoms with Crippen LogP contribution < -0.4 is 0 Å². The van der Waals surface area contributed by atoms with E-state index in [1.807, 2.05) is 41.8 Å². The molecule has 0 unspecified atom stereocenters. The fourth-order valence-electron chi connectivity index (χ4n) is 2.52. The number of aryl methyl sites for hydroxylation is 1. The van der Waals surface area contributed by atoms with E-state index >= 15 is 0 Å². The second-order valence-electron chi connectivity index (χ2n) is 5.10. The van der Waals surface area contributed by atoms with Gasteiger partial charge in [-0.15, -0.1) is 0 Å². The number of rotatable bonds is 3. The first kappa shape index (κ1) is 15.1. The number of fused-ring (bicyclic) bond motifs is 1. The summed E-state index contributed by atoms with van der Waals surface area (Å²) < 4.78 is 25.6. The van der Waals surface area contributed by atoms with Crippen LogP contribution in [-0.4, -0.2) is 24.2 Å². The van der Waals surface area contributed by atoms with Gasteiger partial charge < -0.3 is 0 Å². The first-order valence-corrected chi connectivity index (χ1v) is 9.15. The predicted molar refractivity (Wildman–Crippen MR) is 88.6 cm³/mol. The number of para-hydroxylation sites is 1. The largest absolute Gasteiger partial charge is 0.296 e. The molecular weight excluding hydrogens is 320 g/mol. The number of halogens is 1. The zero-order valence-corrected chi connectivity index (χ0v) is 13.8. The molecule has 0 aliphatic heterocycles. The van der Waals surface area contributed by atoms with E-state index in [4.69, 9.17) is 11.6 Å². The van der Waals surface area contributed by atoms with Crippen molar-refractivity contribution in [1.29, 1.82) is 0 Å². The predicted octanol–water partition coefficient (Wildman–Crippen LogP) is 3.64. The second-order valence-corrected chi connectivity index (χ2v) is 7.49. The summed E-state index contributed by atoms with van der Waals surface area (Å²) in [7, 11) is -3.38. The molecule has 0 amide bonds. The molecule has 6 heteroatoms. The lowest BCUT2D eigenvalue weighted by Crippen LogP contribution is -2.00. The summed E-state index contributed by atoms with van der Waals surface area (Å²) in [4.78, 5) is 4.68. The third-order valence-corrected chi connectivity index (χ3v) is 5.07. The summed E-state index contributed by atoms with van der Waals surface area (Å²) in [6.07, 6.45) is 1.88. The highest BCUT2D eigenvalue weighted by atomic mass is 35.5. The number of hydrogen-bond acceptors (Lipinski definition) is 3. The monoisotopic (exact) mass is 334 g/mol. The lowest BCUT2D eigenvalue weighted by molar-refractivity contribution is 0.602. The Labute approximate surface area is 134 Å². The minimum absolute atomic E-state index is 0.113. The molecule has 0 N–H and O–H groups in total. The maximum atomic E-state index is 11.8. The van der Waals surface area contributed by atoms with Crippen LogP contribution in [0.2, 0.25) is 5.02 Å². The SMILES string of the molecule is CCc1nc2cc(S(C)(=O)=O)c(Cl)cc2n1-c1ccccc1. The molecule has 0 bridgehead atoms. The van der Waals surface area contributed by atoms with Crippen LogP contribution in [0.25, 0.3) is 16.7 Å². The molecule has 0 fully saturated rings. The van der Waals surface area contributed by atoms with Crippen LogP contribution in [0.15, 0.2) is 47.4 Å². The second kappa shape index (κ2) is 5.41. The smallest absolute Gasteiger partial charge is 0.177 e. The van der Waals surface area contributed by atoms with Crippen LogP contribution in [0, 0.1) is 0 Å². The molecule has 0 saturated heterocycles. The summed E-state index contributed by atoms with van der Waals surface area (Å²) >= 11 is 6.18.